The van der Waals surface area contributed by atoms with Gasteiger partial charge < -0.3 is 24.9 Å². The van der Waals surface area contributed by atoms with Gasteiger partial charge in [-0.05, 0) is 38.0 Å². The summed E-state index contributed by atoms with van der Waals surface area (Å²) in [6.45, 7) is 7.27. The van der Waals surface area contributed by atoms with Crippen LogP contribution >= 0.6 is 0 Å². The van der Waals surface area contributed by atoms with Crippen molar-refractivity contribution in [2.45, 2.75) is 65.5 Å². The summed E-state index contributed by atoms with van der Waals surface area (Å²) in [5.41, 5.74) is 0.788. The van der Waals surface area contributed by atoms with Gasteiger partial charge in [-0.1, -0.05) is 20.8 Å². The van der Waals surface area contributed by atoms with E-state index in [0.717, 1.165) is 0 Å². The number of carbonyl (C=O) groups is 3. The minimum absolute atomic E-state index is 0.0152. The summed E-state index contributed by atoms with van der Waals surface area (Å²) in [5, 5.41) is 15.2. The van der Waals surface area contributed by atoms with Crippen LogP contribution in [0.3, 0.4) is 0 Å². The maximum absolute atomic E-state index is 12.1. The van der Waals surface area contributed by atoms with Crippen molar-refractivity contribution in [2.24, 2.45) is 0 Å². The highest BCUT2D eigenvalue weighted by molar-refractivity contribution is 5.99. The van der Waals surface area contributed by atoms with E-state index >= 15 is 0 Å². The molecule has 0 radical (unpaired) electrons. The van der Waals surface area contributed by atoms with Gasteiger partial charge in [0.2, 0.25) is 5.91 Å². The Morgan fingerprint density at radius 3 is 2.52 bits per heavy atom. The lowest BCUT2D eigenvalue weighted by molar-refractivity contribution is -0.757. The van der Waals surface area contributed by atoms with E-state index in [0.29, 0.717) is 36.4 Å². The van der Waals surface area contributed by atoms with Crippen LogP contribution in [0.4, 0.5) is 5.69 Å². The molecule has 11 nitrogen and oxygen atoms in total. The zero-order valence-corrected chi connectivity index (χ0v) is 19.5. The maximum Gasteiger partial charge on any atom is 0.306 e. The molecule has 184 valence electrons. The molecule has 0 aliphatic rings. The van der Waals surface area contributed by atoms with Crippen LogP contribution in [0.5, 0.6) is 5.75 Å². The van der Waals surface area contributed by atoms with E-state index in [2.05, 4.69) is 15.5 Å². The highest BCUT2D eigenvalue weighted by atomic mass is 16.9. The number of anilines is 1. The standard InChI is InChI=1S/C22H33N3O8/c1-5-7-21(27)24-17-9-10-20(19(12-17)16(4)26)31-14-18(13-23-15(2)3)33-22(28)8-6-11-32-25(29)30/h9-10,12,15,18,23H,5-8,11,13-14H2,1-4H3,(H,24,27). The molecule has 33 heavy (non-hydrogen) atoms. The highest BCUT2D eigenvalue weighted by Gasteiger charge is 2.18. The zero-order valence-electron chi connectivity index (χ0n) is 19.5. The summed E-state index contributed by atoms with van der Waals surface area (Å²) in [4.78, 5) is 50.4. The molecule has 0 saturated carbocycles. The minimum atomic E-state index is -0.915. The molecule has 1 amide bonds. The van der Waals surface area contributed by atoms with E-state index in [9.17, 15) is 24.5 Å². The van der Waals surface area contributed by atoms with E-state index in [-0.39, 0.29) is 43.8 Å². The van der Waals surface area contributed by atoms with Crippen LogP contribution in [0, 0.1) is 10.1 Å². The Morgan fingerprint density at radius 2 is 1.91 bits per heavy atom. The van der Waals surface area contributed by atoms with Crippen molar-refractivity contribution < 1.29 is 33.8 Å². The Hall–Kier alpha value is -3.21. The number of Topliss-reactive ketones (excluding diaryl/α,β-unsaturated/α-hetero) is 1. The number of ether oxygens (including phenoxy) is 2. The number of carbonyl (C=O) groups excluding carboxylic acids is 3. The van der Waals surface area contributed by atoms with Crippen LogP contribution in [0.25, 0.3) is 0 Å². The zero-order chi connectivity index (χ0) is 24.8. The van der Waals surface area contributed by atoms with Gasteiger partial charge in [-0.2, -0.15) is 0 Å². The molecule has 0 bridgehead atoms. The molecule has 1 unspecified atom stereocenters. The number of nitrogens with one attached hydrogen (secondary N) is 2. The van der Waals surface area contributed by atoms with Crippen molar-refractivity contribution in [1.29, 1.82) is 0 Å². The Morgan fingerprint density at radius 1 is 1.18 bits per heavy atom. The van der Waals surface area contributed by atoms with Crippen LogP contribution in [0.2, 0.25) is 0 Å². The largest absolute Gasteiger partial charge is 0.489 e. The molecule has 0 heterocycles. The fourth-order valence-corrected chi connectivity index (χ4v) is 2.74. The molecule has 0 aromatic heterocycles. The lowest BCUT2D eigenvalue weighted by Crippen LogP contribution is -2.38. The van der Waals surface area contributed by atoms with Gasteiger partial charge in [0, 0.05) is 31.1 Å². The van der Waals surface area contributed by atoms with Gasteiger partial charge in [0.15, 0.2) is 5.78 Å². The van der Waals surface area contributed by atoms with Crippen molar-refractivity contribution in [2.75, 3.05) is 25.1 Å². The highest BCUT2D eigenvalue weighted by Crippen LogP contribution is 2.24. The quantitative estimate of drug-likeness (QED) is 0.123. The molecular weight excluding hydrogens is 434 g/mol. The molecular formula is C22H33N3O8. The summed E-state index contributed by atoms with van der Waals surface area (Å²) in [6.07, 6.45) is 0.531. The second-order valence-electron chi connectivity index (χ2n) is 7.71. The van der Waals surface area contributed by atoms with Crippen molar-refractivity contribution in [3.63, 3.8) is 0 Å². The average molecular weight is 468 g/mol. The van der Waals surface area contributed by atoms with Crippen molar-refractivity contribution in [3.05, 3.63) is 33.9 Å². The van der Waals surface area contributed by atoms with Gasteiger partial charge in [0.05, 0.1) is 12.2 Å². The van der Waals surface area contributed by atoms with Crippen LogP contribution in [0.15, 0.2) is 18.2 Å². The van der Waals surface area contributed by atoms with Gasteiger partial charge in [-0.25, -0.2) is 0 Å². The van der Waals surface area contributed by atoms with Gasteiger partial charge in [0.1, 0.15) is 18.5 Å². The molecule has 0 aliphatic heterocycles. The predicted octanol–water partition coefficient (Wildman–Crippen LogP) is 2.90. The monoisotopic (exact) mass is 467 g/mol. The number of nitrogens with zero attached hydrogens (tertiary/aromatic N) is 1. The minimum Gasteiger partial charge on any atom is -0.489 e. The third-order valence-electron chi connectivity index (χ3n) is 4.32. The summed E-state index contributed by atoms with van der Waals surface area (Å²) < 4.78 is 11.2. The number of rotatable bonds is 16. The normalized spacial score (nSPS) is 11.5. The number of esters is 1. The fraction of sp³-hybridized carbons (Fsp3) is 0.591. The lowest BCUT2D eigenvalue weighted by atomic mass is 10.1. The van der Waals surface area contributed by atoms with Crippen molar-refractivity contribution >= 4 is 23.3 Å². The number of amides is 1. The first-order chi connectivity index (χ1) is 15.6. The molecule has 11 heteroatoms. The summed E-state index contributed by atoms with van der Waals surface area (Å²) in [7, 11) is 0. The van der Waals surface area contributed by atoms with Gasteiger partial charge in [-0.3, -0.25) is 14.4 Å². The Labute approximate surface area is 193 Å². The van der Waals surface area contributed by atoms with Crippen molar-refractivity contribution in [3.8, 4) is 5.75 Å². The van der Waals surface area contributed by atoms with E-state index in [4.69, 9.17) is 9.47 Å². The number of ketones is 1. The van der Waals surface area contributed by atoms with Crippen LogP contribution in [-0.2, 0) is 19.2 Å². The first kappa shape index (κ1) is 27.8. The van der Waals surface area contributed by atoms with Crippen LogP contribution in [0.1, 0.15) is 63.7 Å². The average Bonchev–Trinajstić information content (AvgIpc) is 2.73. The molecule has 1 atom stereocenters. The molecule has 1 rings (SSSR count). The summed E-state index contributed by atoms with van der Waals surface area (Å²) >= 11 is 0. The Balaban J connectivity index is 2.79. The Bertz CT molecular complexity index is 813. The summed E-state index contributed by atoms with van der Waals surface area (Å²) in [5.74, 6) is -0.616. The topological polar surface area (TPSA) is 146 Å². The first-order valence-electron chi connectivity index (χ1n) is 10.9. The van der Waals surface area contributed by atoms with Gasteiger partial charge >= 0.3 is 5.97 Å². The van der Waals surface area contributed by atoms with Crippen LogP contribution < -0.4 is 15.4 Å². The van der Waals surface area contributed by atoms with E-state index in [1.165, 1.54) is 6.92 Å². The van der Waals surface area contributed by atoms with E-state index in [1.54, 1.807) is 18.2 Å². The number of hydrogen-bond donors (Lipinski definition) is 2. The van der Waals surface area contributed by atoms with Crippen LogP contribution in [-0.4, -0.2) is 54.7 Å². The first-order valence-corrected chi connectivity index (χ1v) is 10.9. The molecule has 0 fully saturated rings. The smallest absolute Gasteiger partial charge is 0.306 e. The second-order valence-corrected chi connectivity index (χ2v) is 7.71. The lowest BCUT2D eigenvalue weighted by Gasteiger charge is -2.21. The Kier molecular flexibility index (Phi) is 12.5. The third-order valence-corrected chi connectivity index (χ3v) is 4.32. The number of benzene rings is 1. The summed E-state index contributed by atoms with van der Waals surface area (Å²) in [6, 6.07) is 4.91. The molecule has 0 spiro atoms. The third kappa shape index (κ3) is 11.8. The maximum atomic E-state index is 12.1. The molecule has 0 saturated heterocycles. The molecule has 0 aliphatic carbocycles. The predicted molar refractivity (Wildman–Crippen MR) is 121 cm³/mol. The molecule has 1 aromatic carbocycles. The fourth-order valence-electron chi connectivity index (χ4n) is 2.74. The molecule has 2 N–H and O–H groups in total. The number of hydrogen-bond acceptors (Lipinski definition) is 9. The SMILES string of the molecule is CCCC(=O)Nc1ccc(OCC(CNC(C)C)OC(=O)CCCO[N+](=O)[O-])c(C(C)=O)c1. The van der Waals surface area contributed by atoms with E-state index in [1.807, 2.05) is 20.8 Å². The van der Waals surface area contributed by atoms with Gasteiger partial charge in [-0.15, -0.1) is 10.1 Å². The van der Waals surface area contributed by atoms with Gasteiger partial charge in [0.25, 0.3) is 5.09 Å². The molecule has 1 aromatic rings. The second kappa shape index (κ2) is 14.8. The van der Waals surface area contributed by atoms with E-state index < -0.39 is 17.2 Å². The van der Waals surface area contributed by atoms with Crippen molar-refractivity contribution in [1.82, 2.24) is 5.32 Å².